The molecule has 1 aromatic carbocycles. The van der Waals surface area contributed by atoms with Crippen molar-refractivity contribution in [2.75, 3.05) is 6.61 Å². The number of hydrogen-bond donors (Lipinski definition) is 1. The van der Waals surface area contributed by atoms with Crippen molar-refractivity contribution in [2.24, 2.45) is 11.7 Å². The molecule has 0 spiro atoms. The number of carbonyl (C=O) groups excluding carboxylic acids is 2. The molecule has 25 heavy (non-hydrogen) atoms. The molecular formula is C20H26N2O3. The molecule has 0 bridgehead atoms. The van der Waals surface area contributed by atoms with Gasteiger partial charge in [-0.1, -0.05) is 31.4 Å². The Morgan fingerprint density at radius 2 is 2.12 bits per heavy atom. The van der Waals surface area contributed by atoms with E-state index >= 15 is 0 Å². The lowest BCUT2D eigenvalue weighted by Gasteiger charge is -2.41. The van der Waals surface area contributed by atoms with E-state index < -0.39 is 11.5 Å². The summed E-state index contributed by atoms with van der Waals surface area (Å²) in [4.78, 5) is 22.9. The second-order valence-electron chi connectivity index (χ2n) is 6.82. The SMILES string of the molecule is N#Cc1cccc(CCOC(CC=O)(CC(N)=O)C2CCCCC2)c1. The van der Waals surface area contributed by atoms with Gasteiger partial charge in [0.25, 0.3) is 0 Å². The smallest absolute Gasteiger partial charge is 0.220 e. The van der Waals surface area contributed by atoms with Gasteiger partial charge >= 0.3 is 0 Å². The highest BCUT2D eigenvalue weighted by Crippen LogP contribution is 2.39. The van der Waals surface area contributed by atoms with Crippen molar-refractivity contribution in [3.05, 3.63) is 35.4 Å². The Morgan fingerprint density at radius 3 is 2.76 bits per heavy atom. The minimum Gasteiger partial charge on any atom is -0.373 e. The highest BCUT2D eigenvalue weighted by atomic mass is 16.5. The molecule has 5 nitrogen and oxygen atoms in total. The van der Waals surface area contributed by atoms with Crippen molar-refractivity contribution in [3.63, 3.8) is 0 Å². The topological polar surface area (TPSA) is 93.2 Å². The monoisotopic (exact) mass is 342 g/mol. The molecule has 1 fully saturated rings. The van der Waals surface area contributed by atoms with Gasteiger partial charge in [-0.3, -0.25) is 4.79 Å². The van der Waals surface area contributed by atoms with Gasteiger partial charge in [0.2, 0.25) is 5.91 Å². The maximum absolute atomic E-state index is 11.6. The number of nitrogens with zero attached hydrogens (tertiary/aromatic N) is 1. The minimum atomic E-state index is -0.791. The van der Waals surface area contributed by atoms with Crippen molar-refractivity contribution in [1.82, 2.24) is 0 Å². The summed E-state index contributed by atoms with van der Waals surface area (Å²) in [7, 11) is 0. The lowest BCUT2D eigenvalue weighted by molar-refractivity contribution is -0.140. The van der Waals surface area contributed by atoms with Crippen LogP contribution in [0.2, 0.25) is 0 Å². The van der Waals surface area contributed by atoms with Crippen LogP contribution in [0.15, 0.2) is 24.3 Å². The standard InChI is InChI=1S/C20H26N2O3/c21-15-17-6-4-5-16(13-17)9-12-25-20(10-11-23,14-19(22)24)18-7-2-1-3-8-18/h4-6,11,13,18H,1-3,7-10,12,14H2,(H2,22,24). The Kier molecular flexibility index (Phi) is 7.15. The number of hydrogen-bond acceptors (Lipinski definition) is 4. The summed E-state index contributed by atoms with van der Waals surface area (Å²) in [5.41, 5.74) is 6.29. The van der Waals surface area contributed by atoms with Crippen molar-refractivity contribution in [1.29, 1.82) is 5.26 Å². The van der Waals surface area contributed by atoms with Gasteiger partial charge in [0.1, 0.15) is 6.29 Å². The average Bonchev–Trinajstić information content (AvgIpc) is 2.62. The Hall–Kier alpha value is -2.19. The normalized spacial score (nSPS) is 17.4. The van der Waals surface area contributed by atoms with Crippen LogP contribution < -0.4 is 5.73 Å². The van der Waals surface area contributed by atoms with Crippen LogP contribution in [0.1, 0.15) is 56.1 Å². The molecule has 1 aromatic rings. The van der Waals surface area contributed by atoms with Crippen molar-refractivity contribution < 1.29 is 14.3 Å². The molecule has 134 valence electrons. The second-order valence-corrected chi connectivity index (χ2v) is 6.82. The molecule has 1 aliphatic rings. The number of rotatable bonds is 9. The summed E-state index contributed by atoms with van der Waals surface area (Å²) in [6, 6.07) is 9.51. The first-order valence-electron chi connectivity index (χ1n) is 8.94. The maximum atomic E-state index is 11.6. The number of nitriles is 1. The van der Waals surface area contributed by atoms with Gasteiger partial charge in [0.15, 0.2) is 0 Å². The first-order valence-corrected chi connectivity index (χ1v) is 8.94. The van der Waals surface area contributed by atoms with Crippen molar-refractivity contribution >= 4 is 12.2 Å². The van der Waals surface area contributed by atoms with E-state index in [1.807, 2.05) is 18.2 Å². The number of carbonyl (C=O) groups is 2. The van der Waals surface area contributed by atoms with Crippen LogP contribution >= 0.6 is 0 Å². The molecule has 1 unspecified atom stereocenters. The molecule has 0 aromatic heterocycles. The van der Waals surface area contributed by atoms with Crippen molar-refractivity contribution in [3.8, 4) is 6.07 Å². The predicted molar refractivity (Wildman–Crippen MR) is 94.6 cm³/mol. The van der Waals surface area contributed by atoms with Crippen LogP contribution in [-0.4, -0.2) is 24.4 Å². The fraction of sp³-hybridized carbons (Fsp3) is 0.550. The van der Waals surface area contributed by atoms with Gasteiger partial charge in [-0.05, 0) is 42.9 Å². The van der Waals surface area contributed by atoms with E-state index in [2.05, 4.69) is 6.07 Å². The molecule has 2 rings (SSSR count). The largest absolute Gasteiger partial charge is 0.373 e. The van der Waals surface area contributed by atoms with E-state index in [1.54, 1.807) is 6.07 Å². The summed E-state index contributed by atoms with van der Waals surface area (Å²) < 4.78 is 6.18. The molecule has 1 atom stereocenters. The number of amides is 1. The molecule has 0 saturated heterocycles. The first kappa shape index (κ1) is 19.1. The summed E-state index contributed by atoms with van der Waals surface area (Å²) in [5.74, 6) is -0.247. The first-order chi connectivity index (χ1) is 12.1. The number of benzene rings is 1. The van der Waals surface area contributed by atoms with Gasteiger partial charge in [0, 0.05) is 6.42 Å². The zero-order valence-electron chi connectivity index (χ0n) is 14.6. The van der Waals surface area contributed by atoms with Gasteiger partial charge in [0.05, 0.1) is 30.3 Å². The zero-order chi connectivity index (χ0) is 18.1. The highest BCUT2D eigenvalue weighted by Gasteiger charge is 2.41. The van der Waals surface area contributed by atoms with Crippen LogP contribution in [0, 0.1) is 17.2 Å². The fourth-order valence-electron chi connectivity index (χ4n) is 3.84. The summed E-state index contributed by atoms with van der Waals surface area (Å²) in [6.07, 6.45) is 7.04. The molecular weight excluding hydrogens is 316 g/mol. The Bertz CT molecular complexity index is 632. The molecule has 1 amide bonds. The molecule has 0 heterocycles. The highest BCUT2D eigenvalue weighted by molar-refractivity contribution is 5.75. The zero-order valence-corrected chi connectivity index (χ0v) is 14.6. The van der Waals surface area contributed by atoms with Crippen LogP contribution in [0.3, 0.4) is 0 Å². The van der Waals surface area contributed by atoms with Crippen LogP contribution in [0.25, 0.3) is 0 Å². The van der Waals surface area contributed by atoms with E-state index in [0.29, 0.717) is 18.6 Å². The van der Waals surface area contributed by atoms with E-state index in [-0.39, 0.29) is 18.8 Å². The number of aldehydes is 1. The third-order valence-corrected chi connectivity index (χ3v) is 5.09. The molecule has 2 N–H and O–H groups in total. The fourth-order valence-corrected chi connectivity index (χ4v) is 3.84. The Labute approximate surface area is 149 Å². The van der Waals surface area contributed by atoms with E-state index in [0.717, 1.165) is 37.5 Å². The van der Waals surface area contributed by atoms with E-state index in [4.69, 9.17) is 15.7 Å². The quantitative estimate of drug-likeness (QED) is 0.698. The molecule has 1 saturated carbocycles. The number of nitrogens with two attached hydrogens (primary N) is 1. The van der Waals surface area contributed by atoms with Crippen LogP contribution in [0.4, 0.5) is 0 Å². The lowest BCUT2D eigenvalue weighted by Crippen LogP contribution is -2.46. The Morgan fingerprint density at radius 1 is 1.36 bits per heavy atom. The van der Waals surface area contributed by atoms with E-state index in [9.17, 15) is 9.59 Å². The van der Waals surface area contributed by atoms with E-state index in [1.165, 1.54) is 6.42 Å². The number of primary amides is 1. The van der Waals surface area contributed by atoms with Crippen LogP contribution in [0.5, 0.6) is 0 Å². The molecule has 0 radical (unpaired) electrons. The summed E-state index contributed by atoms with van der Waals surface area (Å²) in [5, 5.41) is 8.98. The lowest BCUT2D eigenvalue weighted by atomic mass is 9.73. The summed E-state index contributed by atoms with van der Waals surface area (Å²) in [6.45, 7) is 0.395. The van der Waals surface area contributed by atoms with Crippen molar-refractivity contribution in [2.45, 2.75) is 57.0 Å². The molecule has 1 aliphatic carbocycles. The predicted octanol–water partition coefficient (Wildman–Crippen LogP) is 2.90. The molecule has 5 heteroatoms. The Balaban J connectivity index is 2.09. The van der Waals surface area contributed by atoms with Gasteiger partial charge < -0.3 is 15.3 Å². The van der Waals surface area contributed by atoms with Gasteiger partial charge in [-0.25, -0.2) is 0 Å². The van der Waals surface area contributed by atoms with Gasteiger partial charge in [-0.2, -0.15) is 5.26 Å². The summed E-state index contributed by atoms with van der Waals surface area (Å²) >= 11 is 0. The maximum Gasteiger partial charge on any atom is 0.220 e. The average molecular weight is 342 g/mol. The molecule has 0 aliphatic heterocycles. The second kappa shape index (κ2) is 9.33. The minimum absolute atomic E-state index is 0.0780. The number of ether oxygens (including phenoxy) is 1. The van der Waals surface area contributed by atoms with Crippen LogP contribution in [-0.2, 0) is 20.7 Å². The third-order valence-electron chi connectivity index (χ3n) is 5.09. The third kappa shape index (κ3) is 5.40. The van der Waals surface area contributed by atoms with Gasteiger partial charge in [-0.15, -0.1) is 0 Å².